The molecule has 2 aromatic carbocycles. The molecule has 2 aromatic rings. The molecule has 112 valence electrons. The van der Waals surface area contributed by atoms with Crippen molar-refractivity contribution in [2.24, 2.45) is 0 Å². The lowest BCUT2D eigenvalue weighted by Crippen LogP contribution is -2.12. The average molecular weight is 297 g/mol. The van der Waals surface area contributed by atoms with Gasteiger partial charge in [0.05, 0.1) is 11.3 Å². The Morgan fingerprint density at radius 2 is 1.71 bits per heavy atom. The molecule has 2 rings (SSSR count). The number of hydrogen-bond donors (Lipinski definition) is 1. The fourth-order valence-electron chi connectivity index (χ4n) is 2.00. The van der Waals surface area contributed by atoms with Gasteiger partial charge in [0, 0.05) is 6.54 Å². The van der Waals surface area contributed by atoms with Crippen LogP contribution in [-0.4, -0.2) is 6.54 Å². The zero-order valence-corrected chi connectivity index (χ0v) is 11.4. The zero-order valence-electron chi connectivity index (χ0n) is 11.4. The lowest BCUT2D eigenvalue weighted by atomic mass is 10.0. The third-order valence-corrected chi connectivity index (χ3v) is 3.26. The molecule has 0 saturated heterocycles. The second-order valence-electron chi connectivity index (χ2n) is 4.89. The van der Waals surface area contributed by atoms with Crippen molar-refractivity contribution in [2.45, 2.75) is 19.0 Å². The van der Waals surface area contributed by atoms with E-state index in [-0.39, 0.29) is 11.6 Å². The first-order chi connectivity index (χ1) is 9.88. The van der Waals surface area contributed by atoms with Gasteiger partial charge in [-0.25, -0.2) is 4.39 Å². The molecule has 0 aliphatic rings. The summed E-state index contributed by atoms with van der Waals surface area (Å²) in [6, 6.07) is 12.1. The lowest BCUT2D eigenvalue weighted by molar-refractivity contribution is -0.137. The molecule has 0 spiro atoms. The Kier molecular flexibility index (Phi) is 4.50. The standard InChI is InChI=1S/C16H15F4N/c1-11(12-5-3-2-4-6-12)10-21-15-8-7-13(9-14(15)17)16(18,19)20/h2-9,11,21H,10H2,1H3. The Morgan fingerprint density at radius 1 is 1.05 bits per heavy atom. The molecule has 0 aromatic heterocycles. The smallest absolute Gasteiger partial charge is 0.382 e. The van der Waals surface area contributed by atoms with E-state index < -0.39 is 17.6 Å². The molecule has 0 fully saturated rings. The summed E-state index contributed by atoms with van der Waals surface area (Å²) < 4.78 is 51.0. The third-order valence-electron chi connectivity index (χ3n) is 3.26. The second kappa shape index (κ2) is 6.16. The van der Waals surface area contributed by atoms with Crippen molar-refractivity contribution in [3.05, 3.63) is 65.5 Å². The van der Waals surface area contributed by atoms with Gasteiger partial charge in [-0.2, -0.15) is 13.2 Å². The highest BCUT2D eigenvalue weighted by molar-refractivity contribution is 5.47. The summed E-state index contributed by atoms with van der Waals surface area (Å²) in [7, 11) is 0. The summed E-state index contributed by atoms with van der Waals surface area (Å²) in [4.78, 5) is 0. The van der Waals surface area contributed by atoms with Gasteiger partial charge in [-0.15, -0.1) is 0 Å². The molecule has 0 bridgehead atoms. The molecule has 1 nitrogen and oxygen atoms in total. The van der Waals surface area contributed by atoms with Gasteiger partial charge in [0.15, 0.2) is 0 Å². The molecule has 1 N–H and O–H groups in total. The first-order valence-electron chi connectivity index (χ1n) is 6.53. The van der Waals surface area contributed by atoms with Crippen LogP contribution in [0.2, 0.25) is 0 Å². The fourth-order valence-corrected chi connectivity index (χ4v) is 2.00. The van der Waals surface area contributed by atoms with Crippen LogP contribution < -0.4 is 5.32 Å². The van der Waals surface area contributed by atoms with Crippen LogP contribution in [0.25, 0.3) is 0 Å². The van der Waals surface area contributed by atoms with Crippen molar-refractivity contribution in [3.63, 3.8) is 0 Å². The summed E-state index contributed by atoms with van der Waals surface area (Å²) in [6.45, 7) is 2.40. The Balaban J connectivity index is 2.04. The van der Waals surface area contributed by atoms with Gasteiger partial charge in [-0.3, -0.25) is 0 Å². The highest BCUT2D eigenvalue weighted by Crippen LogP contribution is 2.31. The second-order valence-corrected chi connectivity index (χ2v) is 4.89. The Bertz CT molecular complexity index is 593. The minimum atomic E-state index is -4.53. The zero-order chi connectivity index (χ0) is 15.5. The first kappa shape index (κ1) is 15.4. The molecule has 0 aliphatic carbocycles. The van der Waals surface area contributed by atoms with Crippen LogP contribution in [0.1, 0.15) is 24.0 Å². The molecule has 0 heterocycles. The van der Waals surface area contributed by atoms with Crippen LogP contribution in [0, 0.1) is 5.82 Å². The molecule has 5 heteroatoms. The van der Waals surface area contributed by atoms with E-state index in [1.165, 1.54) is 0 Å². The maximum atomic E-state index is 13.7. The van der Waals surface area contributed by atoms with E-state index in [1.807, 2.05) is 37.3 Å². The average Bonchev–Trinajstić information content (AvgIpc) is 2.45. The van der Waals surface area contributed by atoms with Crippen LogP contribution in [0.15, 0.2) is 48.5 Å². The van der Waals surface area contributed by atoms with Crippen molar-refractivity contribution in [1.29, 1.82) is 0 Å². The van der Waals surface area contributed by atoms with Gasteiger partial charge in [0.1, 0.15) is 5.82 Å². The summed E-state index contributed by atoms with van der Waals surface area (Å²) in [5.41, 5.74) is 0.171. The maximum absolute atomic E-state index is 13.7. The number of rotatable bonds is 4. The quantitative estimate of drug-likeness (QED) is 0.778. The van der Waals surface area contributed by atoms with E-state index in [0.29, 0.717) is 12.6 Å². The molecular formula is C16H15F4N. The maximum Gasteiger partial charge on any atom is 0.416 e. The number of hydrogen-bond acceptors (Lipinski definition) is 1. The van der Waals surface area contributed by atoms with E-state index in [0.717, 1.165) is 17.7 Å². The molecule has 1 unspecified atom stereocenters. The van der Waals surface area contributed by atoms with Gasteiger partial charge in [-0.1, -0.05) is 37.3 Å². The highest BCUT2D eigenvalue weighted by atomic mass is 19.4. The number of benzene rings is 2. The predicted octanol–water partition coefficient (Wildman–Crippen LogP) is 5.06. The van der Waals surface area contributed by atoms with Crippen LogP contribution >= 0.6 is 0 Å². The van der Waals surface area contributed by atoms with Crippen LogP contribution in [-0.2, 0) is 6.18 Å². The summed E-state index contributed by atoms with van der Waals surface area (Å²) in [5.74, 6) is -0.780. The van der Waals surface area contributed by atoms with Crippen LogP contribution in [0.3, 0.4) is 0 Å². The molecular weight excluding hydrogens is 282 g/mol. The van der Waals surface area contributed by atoms with Gasteiger partial charge in [0.2, 0.25) is 0 Å². The number of anilines is 1. The van der Waals surface area contributed by atoms with E-state index in [9.17, 15) is 17.6 Å². The van der Waals surface area contributed by atoms with Gasteiger partial charge in [-0.05, 0) is 29.7 Å². The van der Waals surface area contributed by atoms with E-state index in [4.69, 9.17) is 0 Å². The van der Waals surface area contributed by atoms with Gasteiger partial charge < -0.3 is 5.32 Å². The van der Waals surface area contributed by atoms with Gasteiger partial charge in [0.25, 0.3) is 0 Å². The van der Waals surface area contributed by atoms with E-state index in [2.05, 4.69) is 5.32 Å². The monoisotopic (exact) mass is 297 g/mol. The van der Waals surface area contributed by atoms with E-state index in [1.54, 1.807) is 0 Å². The molecule has 0 radical (unpaired) electrons. The minimum absolute atomic E-state index is 0.0748. The normalized spacial score (nSPS) is 13.0. The molecule has 1 atom stereocenters. The van der Waals surface area contributed by atoms with Crippen molar-refractivity contribution < 1.29 is 17.6 Å². The van der Waals surface area contributed by atoms with Gasteiger partial charge >= 0.3 is 6.18 Å². The van der Waals surface area contributed by atoms with Crippen molar-refractivity contribution >= 4 is 5.69 Å². The topological polar surface area (TPSA) is 12.0 Å². The summed E-state index contributed by atoms with van der Waals surface area (Å²) in [6.07, 6.45) is -4.53. The Hall–Kier alpha value is -2.04. The molecule has 0 aliphatic heterocycles. The SMILES string of the molecule is CC(CNc1ccc(C(F)(F)F)cc1F)c1ccccc1. The number of nitrogens with one attached hydrogen (secondary N) is 1. The Morgan fingerprint density at radius 3 is 2.29 bits per heavy atom. The summed E-state index contributed by atoms with van der Waals surface area (Å²) >= 11 is 0. The minimum Gasteiger partial charge on any atom is -0.382 e. The molecule has 0 saturated carbocycles. The van der Waals surface area contributed by atoms with Crippen molar-refractivity contribution in [1.82, 2.24) is 0 Å². The Labute approximate surface area is 120 Å². The predicted molar refractivity (Wildman–Crippen MR) is 74.7 cm³/mol. The largest absolute Gasteiger partial charge is 0.416 e. The highest BCUT2D eigenvalue weighted by Gasteiger charge is 2.31. The lowest BCUT2D eigenvalue weighted by Gasteiger charge is -2.15. The van der Waals surface area contributed by atoms with Crippen molar-refractivity contribution in [3.8, 4) is 0 Å². The van der Waals surface area contributed by atoms with Crippen molar-refractivity contribution in [2.75, 3.05) is 11.9 Å². The van der Waals surface area contributed by atoms with Crippen LogP contribution in [0.5, 0.6) is 0 Å². The van der Waals surface area contributed by atoms with E-state index >= 15 is 0 Å². The third kappa shape index (κ3) is 3.97. The van der Waals surface area contributed by atoms with Crippen LogP contribution in [0.4, 0.5) is 23.2 Å². The fraction of sp³-hybridized carbons (Fsp3) is 0.250. The molecule has 0 amide bonds. The number of halogens is 4. The number of alkyl halides is 3. The first-order valence-corrected chi connectivity index (χ1v) is 6.53. The molecule has 21 heavy (non-hydrogen) atoms. The summed E-state index contributed by atoms with van der Waals surface area (Å²) in [5, 5.41) is 2.85.